The second-order valence-corrected chi connectivity index (χ2v) is 10.8. The van der Waals surface area contributed by atoms with E-state index in [0.29, 0.717) is 5.82 Å². The highest BCUT2D eigenvalue weighted by Crippen LogP contribution is 2.32. The summed E-state index contributed by atoms with van der Waals surface area (Å²) in [7, 11) is 0. The first-order chi connectivity index (χ1) is 21.8. The highest BCUT2D eigenvalue weighted by atomic mass is 14.9. The van der Waals surface area contributed by atoms with Gasteiger partial charge in [0.15, 0.2) is 5.82 Å². The molecule has 44 heavy (non-hydrogen) atoms. The molecule has 4 heteroatoms. The predicted molar refractivity (Wildman–Crippen MR) is 180 cm³/mol. The molecule has 0 unspecified atom stereocenters. The van der Waals surface area contributed by atoms with E-state index in [1.807, 2.05) is 79.1 Å². The SMILES string of the molecule is c1ccc(-c2cnc3c(ccc4cc(-c5cccc(-c6cc(-c7ccccc7)nc(-c7ccccc7)n6)c5)cnc43)c2)cc1. The average molecular weight is 563 g/mol. The number of fused-ring (bicyclic) bond motifs is 3. The Balaban J connectivity index is 1.19. The maximum absolute atomic E-state index is 5.01. The minimum atomic E-state index is 0.703. The van der Waals surface area contributed by atoms with Crippen molar-refractivity contribution in [3.63, 3.8) is 0 Å². The standard InChI is InChI=1S/C40H26N4/c1-4-11-27(12-5-1)34-22-32-19-20-33-23-35(26-42-39(33)38(32)41-25-34)30-17-10-18-31(21-30)37-24-36(28-13-6-2-7-14-28)43-40(44-37)29-15-8-3-9-16-29/h1-26H. The van der Waals surface area contributed by atoms with Crippen molar-refractivity contribution in [1.82, 2.24) is 19.9 Å². The van der Waals surface area contributed by atoms with Crippen molar-refractivity contribution in [3.05, 3.63) is 158 Å². The van der Waals surface area contributed by atoms with Crippen LogP contribution in [0.2, 0.25) is 0 Å². The fourth-order valence-electron chi connectivity index (χ4n) is 5.67. The van der Waals surface area contributed by atoms with E-state index in [1.165, 1.54) is 0 Å². The molecule has 3 heterocycles. The highest BCUT2D eigenvalue weighted by molar-refractivity contribution is 6.04. The molecule has 0 bridgehead atoms. The maximum atomic E-state index is 5.01. The molecule has 0 aliphatic rings. The van der Waals surface area contributed by atoms with Gasteiger partial charge in [-0.1, -0.05) is 121 Å². The van der Waals surface area contributed by atoms with E-state index in [4.69, 9.17) is 19.9 Å². The number of benzene rings is 5. The Labute approximate surface area is 255 Å². The smallest absolute Gasteiger partial charge is 0.160 e. The monoisotopic (exact) mass is 562 g/mol. The molecule has 0 amide bonds. The first kappa shape index (κ1) is 25.7. The van der Waals surface area contributed by atoms with E-state index in [1.54, 1.807) is 0 Å². The summed E-state index contributed by atoms with van der Waals surface area (Å²) < 4.78 is 0. The molecular formula is C40H26N4. The fraction of sp³-hybridized carbons (Fsp3) is 0. The molecular weight excluding hydrogens is 536 g/mol. The van der Waals surface area contributed by atoms with Crippen molar-refractivity contribution in [2.24, 2.45) is 0 Å². The van der Waals surface area contributed by atoms with Crippen LogP contribution in [0.4, 0.5) is 0 Å². The van der Waals surface area contributed by atoms with Gasteiger partial charge in [-0.2, -0.15) is 0 Å². The zero-order chi connectivity index (χ0) is 29.3. The van der Waals surface area contributed by atoms with Crippen molar-refractivity contribution >= 4 is 21.8 Å². The quantitative estimate of drug-likeness (QED) is 0.196. The number of pyridine rings is 2. The van der Waals surface area contributed by atoms with Gasteiger partial charge in [0.25, 0.3) is 0 Å². The van der Waals surface area contributed by atoms with Crippen molar-refractivity contribution in [2.75, 3.05) is 0 Å². The van der Waals surface area contributed by atoms with Crippen LogP contribution in [0.3, 0.4) is 0 Å². The molecule has 0 aliphatic heterocycles. The van der Waals surface area contributed by atoms with Gasteiger partial charge < -0.3 is 0 Å². The van der Waals surface area contributed by atoms with Crippen LogP contribution in [0.25, 0.3) is 78.0 Å². The molecule has 206 valence electrons. The summed E-state index contributed by atoms with van der Waals surface area (Å²) >= 11 is 0. The normalized spacial score (nSPS) is 11.2. The topological polar surface area (TPSA) is 51.6 Å². The van der Waals surface area contributed by atoms with Gasteiger partial charge in [-0.15, -0.1) is 0 Å². The average Bonchev–Trinajstić information content (AvgIpc) is 3.12. The summed E-state index contributed by atoms with van der Waals surface area (Å²) in [5.74, 6) is 0.703. The summed E-state index contributed by atoms with van der Waals surface area (Å²) in [4.78, 5) is 19.7. The molecule has 5 aromatic carbocycles. The Morgan fingerprint density at radius 1 is 0.318 bits per heavy atom. The van der Waals surface area contributed by atoms with E-state index in [-0.39, 0.29) is 0 Å². The van der Waals surface area contributed by atoms with Crippen molar-refractivity contribution < 1.29 is 0 Å². The van der Waals surface area contributed by atoms with Gasteiger partial charge in [-0.3, -0.25) is 9.97 Å². The molecule has 3 aromatic heterocycles. The highest BCUT2D eigenvalue weighted by Gasteiger charge is 2.12. The summed E-state index contributed by atoms with van der Waals surface area (Å²) in [6, 6.07) is 49.9. The molecule has 8 aromatic rings. The Morgan fingerprint density at radius 2 is 0.795 bits per heavy atom. The Hall–Kier alpha value is -6.00. The van der Waals surface area contributed by atoms with Gasteiger partial charge in [-0.25, -0.2) is 9.97 Å². The van der Waals surface area contributed by atoms with Crippen LogP contribution in [0.1, 0.15) is 0 Å². The lowest BCUT2D eigenvalue weighted by Crippen LogP contribution is -1.96. The van der Waals surface area contributed by atoms with E-state index < -0.39 is 0 Å². The van der Waals surface area contributed by atoms with Crippen LogP contribution in [-0.4, -0.2) is 19.9 Å². The zero-order valence-corrected chi connectivity index (χ0v) is 23.8. The lowest BCUT2D eigenvalue weighted by Gasteiger charge is -2.11. The third kappa shape index (κ3) is 4.89. The van der Waals surface area contributed by atoms with E-state index >= 15 is 0 Å². The van der Waals surface area contributed by atoms with Crippen molar-refractivity contribution in [3.8, 4) is 56.2 Å². The minimum absolute atomic E-state index is 0.703. The van der Waals surface area contributed by atoms with Crippen LogP contribution in [0.5, 0.6) is 0 Å². The van der Waals surface area contributed by atoms with Gasteiger partial charge >= 0.3 is 0 Å². The summed E-state index contributed by atoms with van der Waals surface area (Å²) in [5.41, 5.74) is 11.0. The molecule has 4 nitrogen and oxygen atoms in total. The van der Waals surface area contributed by atoms with Crippen LogP contribution in [0, 0.1) is 0 Å². The molecule has 0 fully saturated rings. The first-order valence-electron chi connectivity index (χ1n) is 14.6. The number of aromatic nitrogens is 4. The molecule has 0 aliphatic carbocycles. The number of hydrogen-bond acceptors (Lipinski definition) is 4. The van der Waals surface area contributed by atoms with Gasteiger partial charge in [0.05, 0.1) is 22.4 Å². The number of rotatable bonds is 5. The lowest BCUT2D eigenvalue weighted by atomic mass is 9.99. The minimum Gasteiger partial charge on any atom is -0.253 e. The van der Waals surface area contributed by atoms with E-state index in [9.17, 15) is 0 Å². The Morgan fingerprint density at radius 3 is 1.41 bits per heavy atom. The number of nitrogens with zero attached hydrogens (tertiary/aromatic N) is 4. The van der Waals surface area contributed by atoms with Crippen LogP contribution in [-0.2, 0) is 0 Å². The Kier molecular flexibility index (Phi) is 6.43. The second kappa shape index (κ2) is 11.0. The number of hydrogen-bond donors (Lipinski definition) is 0. The van der Waals surface area contributed by atoms with Crippen LogP contribution >= 0.6 is 0 Å². The van der Waals surface area contributed by atoms with Crippen molar-refractivity contribution in [2.45, 2.75) is 0 Å². The van der Waals surface area contributed by atoms with E-state index in [0.717, 1.165) is 72.1 Å². The van der Waals surface area contributed by atoms with Gasteiger partial charge in [0.1, 0.15) is 0 Å². The summed E-state index contributed by atoms with van der Waals surface area (Å²) in [6.45, 7) is 0. The zero-order valence-electron chi connectivity index (χ0n) is 23.8. The Bertz CT molecular complexity index is 2210. The predicted octanol–water partition coefficient (Wildman–Crippen LogP) is 9.91. The molecule has 0 saturated heterocycles. The van der Waals surface area contributed by atoms with Gasteiger partial charge in [-0.05, 0) is 35.4 Å². The van der Waals surface area contributed by atoms with Crippen molar-refractivity contribution in [1.29, 1.82) is 0 Å². The molecule has 0 N–H and O–H groups in total. The lowest BCUT2D eigenvalue weighted by molar-refractivity contribution is 1.18. The van der Waals surface area contributed by atoms with Gasteiger partial charge in [0.2, 0.25) is 0 Å². The summed E-state index contributed by atoms with van der Waals surface area (Å²) in [5, 5.41) is 2.13. The van der Waals surface area contributed by atoms with Gasteiger partial charge in [0, 0.05) is 51.0 Å². The molecule has 0 saturated carbocycles. The molecule has 0 spiro atoms. The first-order valence-corrected chi connectivity index (χ1v) is 14.6. The van der Waals surface area contributed by atoms with E-state index in [2.05, 4.69) is 78.9 Å². The summed E-state index contributed by atoms with van der Waals surface area (Å²) in [6.07, 6.45) is 3.88. The fourth-order valence-corrected chi connectivity index (χ4v) is 5.67. The molecule has 0 atom stereocenters. The molecule has 0 radical (unpaired) electrons. The largest absolute Gasteiger partial charge is 0.253 e. The maximum Gasteiger partial charge on any atom is 0.160 e. The van der Waals surface area contributed by atoms with Crippen LogP contribution in [0.15, 0.2) is 158 Å². The third-order valence-corrected chi connectivity index (χ3v) is 7.93. The second-order valence-electron chi connectivity index (χ2n) is 10.8. The third-order valence-electron chi connectivity index (χ3n) is 7.93. The molecule has 8 rings (SSSR count). The van der Waals surface area contributed by atoms with Crippen LogP contribution < -0.4 is 0 Å².